The van der Waals surface area contributed by atoms with Crippen LogP contribution in [0.3, 0.4) is 0 Å². The van der Waals surface area contributed by atoms with Crippen molar-refractivity contribution >= 4 is 23.2 Å². The first-order valence-electron chi connectivity index (χ1n) is 9.75. The Morgan fingerprint density at radius 2 is 2.04 bits per heavy atom. The highest BCUT2D eigenvalue weighted by molar-refractivity contribution is 5.93. The Balaban J connectivity index is 1.46. The molecule has 7 heteroatoms. The number of hydrogen-bond donors (Lipinski definition) is 1. The predicted octanol–water partition coefficient (Wildman–Crippen LogP) is 3.29. The van der Waals surface area contributed by atoms with Crippen molar-refractivity contribution in [3.63, 3.8) is 0 Å². The molecule has 3 heterocycles. The second-order valence-electron chi connectivity index (χ2n) is 7.09. The van der Waals surface area contributed by atoms with Gasteiger partial charge in [-0.25, -0.2) is 0 Å². The van der Waals surface area contributed by atoms with Gasteiger partial charge in [0.05, 0.1) is 12.5 Å². The molecular formula is C21H25N5O2. The SMILES string of the molecule is CCOc1ccc(NC(=O)[C@@H]2CCCN(c3nnc4cccc(C)n34)C2)cc1. The van der Waals surface area contributed by atoms with Crippen molar-refractivity contribution in [1.82, 2.24) is 14.6 Å². The summed E-state index contributed by atoms with van der Waals surface area (Å²) in [5.74, 6) is 1.57. The van der Waals surface area contributed by atoms with E-state index < -0.39 is 0 Å². The van der Waals surface area contributed by atoms with Crippen LogP contribution in [0.25, 0.3) is 5.65 Å². The molecule has 0 aliphatic carbocycles. The van der Waals surface area contributed by atoms with Gasteiger partial charge in [-0.1, -0.05) is 6.07 Å². The first kappa shape index (κ1) is 18.3. The van der Waals surface area contributed by atoms with E-state index in [2.05, 4.69) is 20.4 Å². The molecule has 0 bridgehead atoms. The summed E-state index contributed by atoms with van der Waals surface area (Å²) < 4.78 is 7.50. The number of benzene rings is 1. The van der Waals surface area contributed by atoms with Crippen LogP contribution < -0.4 is 15.0 Å². The highest BCUT2D eigenvalue weighted by Gasteiger charge is 2.28. The number of aromatic nitrogens is 3. The number of fused-ring (bicyclic) bond motifs is 1. The maximum Gasteiger partial charge on any atom is 0.231 e. The van der Waals surface area contributed by atoms with E-state index in [9.17, 15) is 4.79 Å². The van der Waals surface area contributed by atoms with Crippen molar-refractivity contribution in [3.8, 4) is 5.75 Å². The Kier molecular flexibility index (Phi) is 5.14. The molecule has 146 valence electrons. The second kappa shape index (κ2) is 7.88. The third-order valence-corrected chi connectivity index (χ3v) is 5.11. The first-order valence-corrected chi connectivity index (χ1v) is 9.75. The molecule has 1 amide bonds. The quantitative estimate of drug-likeness (QED) is 0.736. The number of nitrogens with zero attached hydrogens (tertiary/aromatic N) is 4. The highest BCUT2D eigenvalue weighted by Crippen LogP contribution is 2.25. The molecule has 1 aliphatic rings. The largest absolute Gasteiger partial charge is 0.494 e. The van der Waals surface area contributed by atoms with E-state index in [0.29, 0.717) is 13.2 Å². The summed E-state index contributed by atoms with van der Waals surface area (Å²) in [7, 11) is 0. The maximum atomic E-state index is 12.8. The lowest BCUT2D eigenvalue weighted by molar-refractivity contribution is -0.120. The van der Waals surface area contributed by atoms with Gasteiger partial charge in [0.2, 0.25) is 11.9 Å². The molecule has 1 fully saturated rings. The zero-order chi connectivity index (χ0) is 19.5. The van der Waals surface area contributed by atoms with E-state index in [-0.39, 0.29) is 11.8 Å². The summed E-state index contributed by atoms with van der Waals surface area (Å²) in [5, 5.41) is 11.7. The molecule has 4 rings (SSSR count). The Morgan fingerprint density at radius 1 is 1.21 bits per heavy atom. The van der Waals surface area contributed by atoms with Gasteiger partial charge in [-0.2, -0.15) is 0 Å². The van der Waals surface area contributed by atoms with Gasteiger partial charge in [0.15, 0.2) is 5.65 Å². The molecule has 1 aromatic carbocycles. The van der Waals surface area contributed by atoms with Crippen LogP contribution in [0.15, 0.2) is 42.5 Å². The number of pyridine rings is 1. The number of nitrogens with one attached hydrogen (secondary N) is 1. The molecule has 3 aromatic rings. The van der Waals surface area contributed by atoms with Crippen molar-refractivity contribution in [2.75, 3.05) is 29.9 Å². The molecule has 1 atom stereocenters. The molecule has 2 aromatic heterocycles. The Labute approximate surface area is 164 Å². The molecule has 0 spiro atoms. The zero-order valence-corrected chi connectivity index (χ0v) is 16.3. The third-order valence-electron chi connectivity index (χ3n) is 5.11. The number of aryl methyl sites for hydroxylation is 1. The van der Waals surface area contributed by atoms with Gasteiger partial charge in [0, 0.05) is 24.5 Å². The van der Waals surface area contributed by atoms with Crippen molar-refractivity contribution in [3.05, 3.63) is 48.2 Å². The van der Waals surface area contributed by atoms with E-state index in [1.165, 1.54) is 0 Å². The van der Waals surface area contributed by atoms with Gasteiger partial charge in [-0.15, -0.1) is 10.2 Å². The lowest BCUT2D eigenvalue weighted by Gasteiger charge is -2.32. The molecule has 0 radical (unpaired) electrons. The first-order chi connectivity index (χ1) is 13.7. The third kappa shape index (κ3) is 3.65. The fraction of sp³-hybridized carbons (Fsp3) is 0.381. The highest BCUT2D eigenvalue weighted by atomic mass is 16.5. The van der Waals surface area contributed by atoms with Crippen molar-refractivity contribution in [1.29, 1.82) is 0 Å². The van der Waals surface area contributed by atoms with Crippen molar-refractivity contribution in [2.45, 2.75) is 26.7 Å². The van der Waals surface area contributed by atoms with Crippen LogP contribution in [0, 0.1) is 12.8 Å². The number of amides is 1. The number of anilines is 2. The van der Waals surface area contributed by atoms with Crippen molar-refractivity contribution in [2.24, 2.45) is 5.92 Å². The number of carbonyl (C=O) groups excluding carboxylic acids is 1. The normalized spacial score (nSPS) is 16.9. The molecule has 0 saturated carbocycles. The Morgan fingerprint density at radius 3 is 2.82 bits per heavy atom. The summed E-state index contributed by atoms with van der Waals surface area (Å²) in [6.07, 6.45) is 1.82. The van der Waals surface area contributed by atoms with Crippen LogP contribution in [0.2, 0.25) is 0 Å². The lowest BCUT2D eigenvalue weighted by atomic mass is 9.97. The standard InChI is InChI=1S/C21H25N5O2/c1-3-28-18-11-9-17(10-12-18)22-20(27)16-7-5-13-25(14-16)21-24-23-19-8-4-6-15(2)26(19)21/h4,6,8-12,16H,3,5,7,13-14H2,1-2H3,(H,22,27)/t16-/m1/s1. The van der Waals surface area contributed by atoms with Crippen LogP contribution in [0.4, 0.5) is 11.6 Å². The molecule has 1 saturated heterocycles. The summed E-state index contributed by atoms with van der Waals surface area (Å²) in [6.45, 7) is 6.13. The Hall–Kier alpha value is -3.09. The number of carbonyl (C=O) groups is 1. The van der Waals surface area contributed by atoms with Gasteiger partial charge in [-0.05, 0) is 63.1 Å². The van der Waals surface area contributed by atoms with E-state index in [4.69, 9.17) is 4.74 Å². The van der Waals surface area contributed by atoms with E-state index >= 15 is 0 Å². The summed E-state index contributed by atoms with van der Waals surface area (Å²) in [6, 6.07) is 13.5. The van der Waals surface area contributed by atoms with E-state index in [1.54, 1.807) is 0 Å². The van der Waals surface area contributed by atoms with Gasteiger partial charge in [0.1, 0.15) is 5.75 Å². The van der Waals surface area contributed by atoms with Gasteiger partial charge in [-0.3, -0.25) is 9.20 Å². The minimum atomic E-state index is -0.0864. The molecule has 1 N–H and O–H groups in total. The minimum Gasteiger partial charge on any atom is -0.494 e. The fourth-order valence-electron chi connectivity index (χ4n) is 3.71. The average Bonchev–Trinajstić information content (AvgIpc) is 3.15. The maximum absolute atomic E-state index is 12.8. The Bertz CT molecular complexity index is 967. The summed E-state index contributed by atoms with van der Waals surface area (Å²) >= 11 is 0. The minimum absolute atomic E-state index is 0.0411. The number of ether oxygens (including phenoxy) is 1. The van der Waals surface area contributed by atoms with Crippen LogP contribution in [0.5, 0.6) is 5.75 Å². The molecule has 28 heavy (non-hydrogen) atoms. The van der Waals surface area contributed by atoms with Crippen LogP contribution in [-0.4, -0.2) is 40.2 Å². The molecular weight excluding hydrogens is 354 g/mol. The predicted molar refractivity (Wildman–Crippen MR) is 109 cm³/mol. The van der Waals surface area contributed by atoms with Gasteiger partial charge >= 0.3 is 0 Å². The van der Waals surface area contributed by atoms with Crippen LogP contribution in [0.1, 0.15) is 25.5 Å². The average molecular weight is 379 g/mol. The van der Waals surface area contributed by atoms with Crippen LogP contribution in [-0.2, 0) is 4.79 Å². The second-order valence-corrected chi connectivity index (χ2v) is 7.09. The molecule has 0 unspecified atom stereocenters. The summed E-state index contributed by atoms with van der Waals surface area (Å²) in [4.78, 5) is 15.0. The number of rotatable bonds is 5. The van der Waals surface area contributed by atoms with Gasteiger partial charge in [0.25, 0.3) is 0 Å². The smallest absolute Gasteiger partial charge is 0.231 e. The molecule has 7 nitrogen and oxygen atoms in total. The van der Waals surface area contributed by atoms with E-state index in [1.807, 2.05) is 60.7 Å². The van der Waals surface area contributed by atoms with Crippen LogP contribution >= 0.6 is 0 Å². The zero-order valence-electron chi connectivity index (χ0n) is 16.3. The van der Waals surface area contributed by atoms with Crippen molar-refractivity contribution < 1.29 is 9.53 Å². The van der Waals surface area contributed by atoms with E-state index in [0.717, 1.165) is 48.1 Å². The number of piperidine rings is 1. The van der Waals surface area contributed by atoms with Gasteiger partial charge < -0.3 is 15.0 Å². The fourth-order valence-corrected chi connectivity index (χ4v) is 3.71. The number of hydrogen-bond acceptors (Lipinski definition) is 5. The molecule has 1 aliphatic heterocycles. The monoisotopic (exact) mass is 379 g/mol. The lowest BCUT2D eigenvalue weighted by Crippen LogP contribution is -2.41. The summed E-state index contributed by atoms with van der Waals surface area (Å²) in [5.41, 5.74) is 2.70. The topological polar surface area (TPSA) is 71.8 Å².